The molecular formula is C13H21FN2O4S. The summed E-state index contributed by atoms with van der Waals surface area (Å²) in [6.45, 7) is 2.33. The van der Waals surface area contributed by atoms with E-state index in [0.29, 0.717) is 0 Å². The number of hydrogen-bond acceptors (Lipinski definition) is 5. The van der Waals surface area contributed by atoms with Crippen LogP contribution in [0, 0.1) is 12.7 Å². The molecule has 0 bridgehead atoms. The molecule has 0 spiro atoms. The number of nitrogens with zero attached hydrogens (tertiary/aromatic N) is 1. The maximum absolute atomic E-state index is 13.5. The SMILES string of the molecule is COCCN(CCOC)S(=O)(=O)c1cc(C)c(F)c(N)c1. The lowest BCUT2D eigenvalue weighted by molar-refractivity contribution is 0.150. The number of hydrogen-bond donors (Lipinski definition) is 1. The molecule has 1 rings (SSSR count). The van der Waals surface area contributed by atoms with Gasteiger partial charge in [0.1, 0.15) is 5.82 Å². The molecule has 0 amide bonds. The number of halogens is 1. The molecule has 1 aromatic carbocycles. The van der Waals surface area contributed by atoms with E-state index in [2.05, 4.69) is 0 Å². The first-order valence-corrected chi connectivity index (χ1v) is 7.82. The molecule has 0 fully saturated rings. The predicted molar refractivity (Wildman–Crippen MR) is 78.1 cm³/mol. The monoisotopic (exact) mass is 320 g/mol. The molecule has 0 aliphatic carbocycles. The number of ether oxygens (including phenoxy) is 2. The van der Waals surface area contributed by atoms with Crippen molar-refractivity contribution in [3.8, 4) is 0 Å². The standard InChI is InChI=1S/C13H21FN2O4S/c1-10-8-11(9-12(15)13(10)14)21(17,18)16(4-6-19-2)5-7-20-3/h8-9H,4-7,15H2,1-3H3. The number of sulfonamides is 1. The fraction of sp³-hybridized carbons (Fsp3) is 0.538. The Morgan fingerprint density at radius 1 is 1.19 bits per heavy atom. The summed E-state index contributed by atoms with van der Waals surface area (Å²) in [5, 5.41) is 0. The Hall–Kier alpha value is -1.22. The van der Waals surface area contributed by atoms with E-state index < -0.39 is 15.8 Å². The minimum Gasteiger partial charge on any atom is -0.396 e. The van der Waals surface area contributed by atoms with E-state index in [1.165, 1.54) is 31.5 Å². The Bertz CT molecular complexity index is 547. The van der Waals surface area contributed by atoms with Gasteiger partial charge in [0.15, 0.2) is 0 Å². The van der Waals surface area contributed by atoms with Crippen molar-refractivity contribution >= 4 is 15.7 Å². The van der Waals surface area contributed by atoms with Crippen molar-refractivity contribution in [1.82, 2.24) is 4.31 Å². The summed E-state index contributed by atoms with van der Waals surface area (Å²) in [6, 6.07) is 2.40. The summed E-state index contributed by atoms with van der Waals surface area (Å²) in [6.07, 6.45) is 0. The third-order valence-electron chi connectivity index (χ3n) is 2.98. The number of aryl methyl sites for hydroxylation is 1. The van der Waals surface area contributed by atoms with Crippen LogP contribution in [-0.2, 0) is 19.5 Å². The molecule has 1 aromatic rings. The number of benzene rings is 1. The molecular weight excluding hydrogens is 299 g/mol. The van der Waals surface area contributed by atoms with E-state index in [0.717, 1.165) is 6.07 Å². The van der Waals surface area contributed by atoms with Crippen LogP contribution in [0.15, 0.2) is 17.0 Å². The normalized spacial score (nSPS) is 12.0. The van der Waals surface area contributed by atoms with Gasteiger partial charge in [0.25, 0.3) is 0 Å². The summed E-state index contributed by atoms with van der Waals surface area (Å²) in [5.74, 6) is -0.603. The summed E-state index contributed by atoms with van der Waals surface area (Å²) >= 11 is 0. The van der Waals surface area contributed by atoms with Gasteiger partial charge in [0.05, 0.1) is 23.8 Å². The van der Waals surface area contributed by atoms with Gasteiger partial charge in [-0.15, -0.1) is 0 Å². The molecule has 6 nitrogen and oxygen atoms in total. The Morgan fingerprint density at radius 3 is 2.14 bits per heavy atom. The summed E-state index contributed by atoms with van der Waals surface area (Å²) in [5.41, 5.74) is 5.51. The molecule has 0 heterocycles. The minimum atomic E-state index is -3.78. The van der Waals surface area contributed by atoms with Gasteiger partial charge in [-0.1, -0.05) is 0 Å². The van der Waals surface area contributed by atoms with Crippen LogP contribution in [0.5, 0.6) is 0 Å². The Morgan fingerprint density at radius 2 is 1.71 bits per heavy atom. The quantitative estimate of drug-likeness (QED) is 0.723. The molecule has 0 radical (unpaired) electrons. The van der Waals surface area contributed by atoms with Crippen molar-refractivity contribution in [2.24, 2.45) is 0 Å². The zero-order valence-electron chi connectivity index (χ0n) is 12.4. The molecule has 0 saturated heterocycles. The summed E-state index contributed by atoms with van der Waals surface area (Å²) in [4.78, 5) is -0.0360. The third kappa shape index (κ3) is 4.37. The molecule has 0 aliphatic heterocycles. The molecule has 120 valence electrons. The maximum Gasteiger partial charge on any atom is 0.243 e. The van der Waals surface area contributed by atoms with E-state index in [1.807, 2.05) is 0 Å². The van der Waals surface area contributed by atoms with Gasteiger partial charge in [0, 0.05) is 27.3 Å². The Labute approximate surface area is 124 Å². The zero-order valence-corrected chi connectivity index (χ0v) is 13.2. The average molecular weight is 320 g/mol. The van der Waals surface area contributed by atoms with Crippen molar-refractivity contribution in [2.45, 2.75) is 11.8 Å². The Balaban J connectivity index is 3.15. The number of methoxy groups -OCH3 is 2. The number of anilines is 1. The number of rotatable bonds is 8. The van der Waals surface area contributed by atoms with Crippen LogP contribution in [-0.4, -0.2) is 53.2 Å². The highest BCUT2D eigenvalue weighted by atomic mass is 32.2. The predicted octanol–water partition coefficient (Wildman–Crippen LogP) is 1.000. The lowest BCUT2D eigenvalue weighted by Gasteiger charge is -2.22. The molecule has 0 atom stereocenters. The topological polar surface area (TPSA) is 81.9 Å². The van der Waals surface area contributed by atoms with Gasteiger partial charge in [-0.2, -0.15) is 4.31 Å². The summed E-state index contributed by atoms with van der Waals surface area (Å²) < 4.78 is 49.8. The highest BCUT2D eigenvalue weighted by molar-refractivity contribution is 7.89. The summed E-state index contributed by atoms with van der Waals surface area (Å²) in [7, 11) is -0.806. The van der Waals surface area contributed by atoms with Crippen LogP contribution in [0.3, 0.4) is 0 Å². The van der Waals surface area contributed by atoms with E-state index >= 15 is 0 Å². The van der Waals surface area contributed by atoms with Crippen LogP contribution in [0.25, 0.3) is 0 Å². The van der Waals surface area contributed by atoms with Crippen molar-refractivity contribution in [2.75, 3.05) is 46.3 Å². The maximum atomic E-state index is 13.5. The van der Waals surface area contributed by atoms with Gasteiger partial charge >= 0.3 is 0 Å². The van der Waals surface area contributed by atoms with Crippen LogP contribution in [0.4, 0.5) is 10.1 Å². The molecule has 0 aliphatic rings. The first kappa shape index (κ1) is 17.8. The van der Waals surface area contributed by atoms with Crippen LogP contribution < -0.4 is 5.73 Å². The van der Waals surface area contributed by atoms with E-state index in [4.69, 9.17) is 15.2 Å². The van der Waals surface area contributed by atoms with Crippen molar-refractivity contribution in [3.63, 3.8) is 0 Å². The second-order valence-electron chi connectivity index (χ2n) is 4.53. The third-order valence-corrected chi connectivity index (χ3v) is 4.86. The van der Waals surface area contributed by atoms with Crippen molar-refractivity contribution in [1.29, 1.82) is 0 Å². The second-order valence-corrected chi connectivity index (χ2v) is 6.47. The van der Waals surface area contributed by atoms with Gasteiger partial charge < -0.3 is 15.2 Å². The van der Waals surface area contributed by atoms with Gasteiger partial charge in [-0.25, -0.2) is 12.8 Å². The lowest BCUT2D eigenvalue weighted by Crippen LogP contribution is -2.36. The van der Waals surface area contributed by atoms with Crippen LogP contribution in [0.2, 0.25) is 0 Å². The minimum absolute atomic E-state index is 0.0360. The van der Waals surface area contributed by atoms with Crippen molar-refractivity contribution in [3.05, 3.63) is 23.5 Å². The van der Waals surface area contributed by atoms with Gasteiger partial charge in [0.2, 0.25) is 10.0 Å². The highest BCUT2D eigenvalue weighted by Crippen LogP contribution is 2.23. The fourth-order valence-corrected chi connectivity index (χ4v) is 3.33. The van der Waals surface area contributed by atoms with E-state index in [-0.39, 0.29) is 42.4 Å². The zero-order chi connectivity index (χ0) is 16.0. The molecule has 0 saturated carbocycles. The first-order chi connectivity index (χ1) is 9.84. The molecule has 21 heavy (non-hydrogen) atoms. The fourth-order valence-electron chi connectivity index (χ4n) is 1.80. The smallest absolute Gasteiger partial charge is 0.243 e. The molecule has 0 aromatic heterocycles. The van der Waals surface area contributed by atoms with Crippen molar-refractivity contribution < 1.29 is 22.3 Å². The largest absolute Gasteiger partial charge is 0.396 e. The lowest BCUT2D eigenvalue weighted by atomic mass is 10.2. The number of nitrogens with two attached hydrogens (primary N) is 1. The van der Waals surface area contributed by atoms with E-state index in [9.17, 15) is 12.8 Å². The second kappa shape index (κ2) is 7.69. The molecule has 8 heteroatoms. The van der Waals surface area contributed by atoms with Gasteiger partial charge in [-0.3, -0.25) is 0 Å². The Kier molecular flexibility index (Phi) is 6.53. The van der Waals surface area contributed by atoms with Crippen LogP contribution in [0.1, 0.15) is 5.56 Å². The molecule has 2 N–H and O–H groups in total. The number of nitrogen functional groups attached to an aromatic ring is 1. The van der Waals surface area contributed by atoms with Gasteiger partial charge in [-0.05, 0) is 24.6 Å². The molecule has 0 unspecified atom stereocenters. The highest BCUT2D eigenvalue weighted by Gasteiger charge is 2.25. The average Bonchev–Trinajstić information content (AvgIpc) is 2.44. The van der Waals surface area contributed by atoms with E-state index in [1.54, 1.807) is 0 Å². The van der Waals surface area contributed by atoms with Crippen LogP contribution >= 0.6 is 0 Å². The first-order valence-electron chi connectivity index (χ1n) is 6.38.